The van der Waals surface area contributed by atoms with Crippen LogP contribution in [-0.4, -0.2) is 70.5 Å². The number of nitrogens with zero attached hydrogens (tertiary/aromatic N) is 5. The van der Waals surface area contributed by atoms with Crippen LogP contribution in [0.15, 0.2) is 24.4 Å². The minimum Gasteiger partial charge on any atom is -0.472 e. The van der Waals surface area contributed by atoms with Crippen molar-refractivity contribution in [3.63, 3.8) is 0 Å². The van der Waals surface area contributed by atoms with E-state index in [9.17, 15) is 4.79 Å². The Balaban J connectivity index is 1.77. The molecular weight excluding hydrogens is 607 g/mol. The second-order valence-corrected chi connectivity index (χ2v) is 20.5. The largest absolute Gasteiger partial charge is 0.472 e. The summed E-state index contributed by atoms with van der Waals surface area (Å²) in [5.41, 5.74) is 8.59. The molecule has 0 saturated carbocycles. The summed E-state index contributed by atoms with van der Waals surface area (Å²) in [5, 5.41) is 10.8. The zero-order valence-corrected chi connectivity index (χ0v) is 31.8. The Hall–Kier alpha value is -3.29. The average molecular weight is 664 g/mol. The maximum atomic E-state index is 12.6. The van der Waals surface area contributed by atoms with E-state index >= 15 is 0 Å². The third-order valence-corrected chi connectivity index (χ3v) is 15.6. The second kappa shape index (κ2) is 14.9. The molecule has 47 heavy (non-hydrogen) atoms. The zero-order valence-electron chi connectivity index (χ0n) is 30.8. The topological polar surface area (TPSA) is 83.6 Å². The van der Waals surface area contributed by atoms with Crippen LogP contribution >= 0.6 is 0 Å². The molecular formula is C37H57N5O4Si. The molecule has 1 fully saturated rings. The van der Waals surface area contributed by atoms with Crippen molar-refractivity contribution >= 4 is 25.1 Å². The Morgan fingerprint density at radius 3 is 2.36 bits per heavy atom. The number of benzene rings is 1. The number of hydrogen-bond acceptors (Lipinski definition) is 6. The standard InChI is InChI=1S/C37H57N5O4Si/c1-13-41-35(45-28(8)24-40(12)36(43)46-37(9,10)11)31(23-38-41)29-17-18-33-30(22-29)32(39-42(33)34-16-14-15-20-44-34)19-21-47(25(2)3,26(4)5)27(6)7/h17-18,22-23,25-28,34H,13-16,20,24H2,1-12H3. The van der Waals surface area contributed by atoms with Crippen molar-refractivity contribution in [2.24, 2.45) is 0 Å². The number of aryl methyl sites for hydroxylation is 1. The summed E-state index contributed by atoms with van der Waals surface area (Å²) in [4.78, 5) is 14.2. The molecule has 1 aliphatic rings. The van der Waals surface area contributed by atoms with E-state index in [2.05, 4.69) is 76.3 Å². The number of aromatic nitrogens is 4. The molecule has 0 spiro atoms. The Kier molecular flexibility index (Phi) is 11.6. The van der Waals surface area contributed by atoms with Crippen LogP contribution in [0.3, 0.4) is 0 Å². The van der Waals surface area contributed by atoms with E-state index in [0.717, 1.165) is 53.6 Å². The van der Waals surface area contributed by atoms with Crippen molar-refractivity contribution in [1.82, 2.24) is 24.5 Å². The fourth-order valence-corrected chi connectivity index (χ4v) is 12.3. The molecule has 9 nitrogen and oxygen atoms in total. The summed E-state index contributed by atoms with van der Waals surface area (Å²) in [6.07, 6.45) is 4.21. The van der Waals surface area contributed by atoms with Gasteiger partial charge >= 0.3 is 6.09 Å². The molecule has 3 heterocycles. The molecule has 0 N–H and O–H groups in total. The average Bonchev–Trinajstić information content (AvgIpc) is 3.57. The fourth-order valence-electron chi connectivity index (χ4n) is 7.09. The molecule has 2 atom stereocenters. The Bertz CT molecular complexity index is 1560. The number of rotatable bonds is 10. The summed E-state index contributed by atoms with van der Waals surface area (Å²) in [7, 11) is -0.254. The van der Waals surface area contributed by atoms with Gasteiger partial charge in [0, 0.05) is 25.6 Å². The van der Waals surface area contributed by atoms with Gasteiger partial charge in [-0.05, 0) is 88.2 Å². The third kappa shape index (κ3) is 8.06. The minimum absolute atomic E-state index is 0.0977. The van der Waals surface area contributed by atoms with Crippen molar-refractivity contribution < 1.29 is 19.0 Å². The highest BCUT2D eigenvalue weighted by Gasteiger charge is 2.42. The van der Waals surface area contributed by atoms with Crippen LogP contribution in [0.1, 0.15) is 107 Å². The number of fused-ring (bicyclic) bond motifs is 1. The summed E-state index contributed by atoms with van der Waals surface area (Å²) in [6.45, 7) is 25.4. The smallest absolute Gasteiger partial charge is 0.410 e. The number of ether oxygens (including phenoxy) is 3. The maximum absolute atomic E-state index is 12.6. The fraction of sp³-hybridized carbons (Fsp3) is 0.649. The normalized spacial score (nSPS) is 16.4. The first-order chi connectivity index (χ1) is 22.1. The highest BCUT2D eigenvalue weighted by molar-refractivity contribution is 6.90. The van der Waals surface area contributed by atoms with Crippen molar-refractivity contribution in [1.29, 1.82) is 0 Å². The molecule has 0 radical (unpaired) electrons. The monoisotopic (exact) mass is 663 g/mol. The quantitative estimate of drug-likeness (QED) is 0.159. The van der Waals surface area contributed by atoms with Crippen LogP contribution in [0, 0.1) is 11.5 Å². The van der Waals surface area contributed by atoms with Gasteiger partial charge in [0.1, 0.15) is 25.5 Å². The van der Waals surface area contributed by atoms with Gasteiger partial charge in [-0.25, -0.2) is 14.2 Å². The summed E-state index contributed by atoms with van der Waals surface area (Å²) in [5.74, 6) is 4.31. The lowest BCUT2D eigenvalue weighted by atomic mass is 10.1. The lowest BCUT2D eigenvalue weighted by Crippen LogP contribution is -2.43. The zero-order chi connectivity index (χ0) is 34.7. The van der Waals surface area contributed by atoms with Crippen molar-refractivity contribution in [3.05, 3.63) is 30.1 Å². The highest BCUT2D eigenvalue weighted by Crippen LogP contribution is 2.41. The van der Waals surface area contributed by atoms with Crippen molar-refractivity contribution in [2.75, 3.05) is 20.2 Å². The van der Waals surface area contributed by atoms with Gasteiger partial charge in [0.15, 0.2) is 6.23 Å². The molecule has 258 valence electrons. The van der Waals surface area contributed by atoms with Gasteiger partial charge in [0.25, 0.3) is 0 Å². The van der Waals surface area contributed by atoms with Gasteiger partial charge in [-0.2, -0.15) is 10.2 Å². The van der Waals surface area contributed by atoms with E-state index in [4.69, 9.17) is 19.3 Å². The predicted molar refractivity (Wildman–Crippen MR) is 192 cm³/mol. The van der Waals surface area contributed by atoms with Crippen LogP contribution in [0.4, 0.5) is 4.79 Å². The number of carbonyl (C=O) groups is 1. The van der Waals surface area contributed by atoms with Gasteiger partial charge < -0.3 is 19.1 Å². The molecule has 0 aliphatic carbocycles. The van der Waals surface area contributed by atoms with E-state index in [1.807, 2.05) is 50.2 Å². The van der Waals surface area contributed by atoms with Crippen molar-refractivity contribution in [3.8, 4) is 28.5 Å². The van der Waals surface area contributed by atoms with Gasteiger partial charge in [0.2, 0.25) is 5.88 Å². The minimum atomic E-state index is -1.98. The lowest BCUT2D eigenvalue weighted by Gasteiger charge is -2.38. The SMILES string of the molecule is CCn1ncc(-c2ccc3c(c2)c(C#C[Si](C(C)C)(C(C)C)C(C)C)nn3C2CCCCO2)c1OC(C)CN(C)C(=O)OC(C)(C)C. The van der Waals surface area contributed by atoms with Crippen LogP contribution in [0.5, 0.6) is 5.88 Å². The molecule has 1 saturated heterocycles. The molecule has 10 heteroatoms. The van der Waals surface area contributed by atoms with E-state index in [0.29, 0.717) is 35.6 Å². The third-order valence-electron chi connectivity index (χ3n) is 9.35. The highest BCUT2D eigenvalue weighted by atomic mass is 28.3. The first-order valence-corrected chi connectivity index (χ1v) is 19.7. The molecule has 2 aromatic heterocycles. The molecule has 3 aromatic rings. The molecule has 1 amide bonds. The lowest BCUT2D eigenvalue weighted by molar-refractivity contribution is -0.0367. The number of amides is 1. The maximum Gasteiger partial charge on any atom is 0.410 e. The first kappa shape index (κ1) is 36.5. The first-order valence-electron chi connectivity index (χ1n) is 17.4. The Morgan fingerprint density at radius 2 is 1.79 bits per heavy atom. The molecule has 1 aromatic carbocycles. The van der Waals surface area contributed by atoms with Gasteiger partial charge in [-0.3, -0.25) is 0 Å². The van der Waals surface area contributed by atoms with Crippen LogP contribution in [0.25, 0.3) is 22.0 Å². The van der Waals surface area contributed by atoms with Crippen molar-refractivity contribution in [2.45, 2.75) is 137 Å². The van der Waals surface area contributed by atoms with Gasteiger partial charge in [-0.1, -0.05) is 53.5 Å². The molecule has 4 rings (SSSR count). The van der Waals surface area contributed by atoms with Gasteiger partial charge in [0.05, 0.1) is 23.8 Å². The van der Waals surface area contributed by atoms with Crippen LogP contribution < -0.4 is 4.74 Å². The number of carbonyl (C=O) groups excluding carboxylic acids is 1. The Morgan fingerprint density at radius 1 is 1.11 bits per heavy atom. The molecule has 2 unspecified atom stereocenters. The van der Waals surface area contributed by atoms with E-state index in [1.54, 1.807) is 11.9 Å². The second-order valence-electron chi connectivity index (χ2n) is 15.0. The Labute approximate surface area is 283 Å². The van der Waals surface area contributed by atoms with E-state index in [-0.39, 0.29) is 18.4 Å². The van der Waals surface area contributed by atoms with Crippen LogP contribution in [0.2, 0.25) is 16.6 Å². The van der Waals surface area contributed by atoms with Crippen LogP contribution in [-0.2, 0) is 16.0 Å². The molecule has 0 bridgehead atoms. The van der Waals surface area contributed by atoms with E-state index in [1.165, 1.54) is 0 Å². The summed E-state index contributed by atoms with van der Waals surface area (Å²) < 4.78 is 22.2. The van der Waals surface area contributed by atoms with Gasteiger partial charge in [-0.15, -0.1) is 5.54 Å². The van der Waals surface area contributed by atoms with E-state index < -0.39 is 13.7 Å². The predicted octanol–water partition coefficient (Wildman–Crippen LogP) is 8.82. The number of likely N-dealkylation sites (N-methyl/N-ethyl adjacent to an activating group) is 1. The summed E-state index contributed by atoms with van der Waals surface area (Å²) >= 11 is 0. The molecule has 1 aliphatic heterocycles. The number of hydrogen-bond donors (Lipinski definition) is 0. The summed E-state index contributed by atoms with van der Waals surface area (Å²) in [6, 6.07) is 6.42.